The van der Waals surface area contributed by atoms with Gasteiger partial charge in [-0.2, -0.15) is 0 Å². The van der Waals surface area contributed by atoms with Crippen molar-refractivity contribution in [3.05, 3.63) is 0 Å². The third-order valence-corrected chi connectivity index (χ3v) is 3.09. The number of nitrogens with one attached hydrogen (secondary N) is 1. The summed E-state index contributed by atoms with van der Waals surface area (Å²) in [5, 5.41) is 2.88. The van der Waals surface area contributed by atoms with Crippen LogP contribution in [-0.4, -0.2) is 23.2 Å². The van der Waals surface area contributed by atoms with Crippen molar-refractivity contribution >= 4 is 29.1 Å². The van der Waals surface area contributed by atoms with Crippen LogP contribution in [0.25, 0.3) is 0 Å². The van der Waals surface area contributed by atoms with Crippen molar-refractivity contribution in [3.63, 3.8) is 0 Å². The van der Waals surface area contributed by atoms with E-state index >= 15 is 0 Å². The molecule has 0 saturated heterocycles. The van der Waals surface area contributed by atoms with Crippen molar-refractivity contribution in [2.45, 2.75) is 38.6 Å². The summed E-state index contributed by atoms with van der Waals surface area (Å²) in [7, 11) is 0. The number of halogens is 2. The third-order valence-electron chi connectivity index (χ3n) is 2.07. The average Bonchev–Trinajstić information content (AvgIpc) is 2.15. The number of alkyl halides is 2. The first-order valence-corrected chi connectivity index (χ1v) is 5.64. The Kier molecular flexibility index (Phi) is 6.52. The minimum absolute atomic E-state index is 0.0330. The van der Waals surface area contributed by atoms with E-state index in [1.807, 2.05) is 13.8 Å². The Morgan fingerprint density at radius 1 is 1.31 bits per heavy atom. The van der Waals surface area contributed by atoms with Crippen LogP contribution in [0.3, 0.4) is 0 Å². The van der Waals surface area contributed by atoms with E-state index in [1.165, 1.54) is 0 Å². The van der Waals surface area contributed by atoms with Crippen LogP contribution < -0.4 is 5.32 Å². The molecule has 0 aliphatic rings. The van der Waals surface area contributed by atoms with Gasteiger partial charge >= 0.3 is 0 Å². The fraction of sp³-hybridized carbons (Fsp3) is 0.889. The average molecular weight is 226 g/mol. The van der Waals surface area contributed by atoms with Gasteiger partial charge in [0.15, 0.2) is 0 Å². The molecule has 4 heteroatoms. The second-order valence-corrected chi connectivity index (χ2v) is 3.73. The molecule has 1 N–H and O–H groups in total. The highest BCUT2D eigenvalue weighted by molar-refractivity contribution is 6.22. The summed E-state index contributed by atoms with van der Waals surface area (Å²) >= 11 is 11.5. The first kappa shape index (κ1) is 13.1. The van der Waals surface area contributed by atoms with Gasteiger partial charge in [0.05, 0.1) is 5.54 Å². The van der Waals surface area contributed by atoms with Gasteiger partial charge in [-0.05, 0) is 12.8 Å². The van der Waals surface area contributed by atoms with Gasteiger partial charge in [-0.3, -0.25) is 4.79 Å². The molecule has 0 aliphatic heterocycles. The Bertz CT molecular complexity index is 149. The quantitative estimate of drug-likeness (QED) is 0.693. The Morgan fingerprint density at radius 3 is 2.15 bits per heavy atom. The number of hydrogen-bond acceptors (Lipinski definition) is 1. The lowest BCUT2D eigenvalue weighted by Crippen LogP contribution is -2.51. The Labute approximate surface area is 90.0 Å². The lowest BCUT2D eigenvalue weighted by molar-refractivity contribution is -0.122. The topological polar surface area (TPSA) is 29.1 Å². The van der Waals surface area contributed by atoms with E-state index in [2.05, 4.69) is 5.32 Å². The van der Waals surface area contributed by atoms with E-state index < -0.39 is 5.54 Å². The zero-order valence-electron chi connectivity index (χ0n) is 8.20. The molecule has 0 rings (SSSR count). The molecule has 78 valence electrons. The SMILES string of the molecule is CCCC(=O)NC(CC)(CCl)CCl. The van der Waals surface area contributed by atoms with E-state index in [1.54, 1.807) is 0 Å². The van der Waals surface area contributed by atoms with Gasteiger partial charge in [0.25, 0.3) is 0 Å². The Balaban J connectivity index is 4.16. The van der Waals surface area contributed by atoms with E-state index in [9.17, 15) is 4.79 Å². The first-order valence-electron chi connectivity index (χ1n) is 4.57. The smallest absolute Gasteiger partial charge is 0.220 e. The molecular formula is C9H17Cl2NO. The minimum atomic E-state index is -0.421. The molecule has 0 spiro atoms. The van der Waals surface area contributed by atoms with Gasteiger partial charge < -0.3 is 5.32 Å². The van der Waals surface area contributed by atoms with Gasteiger partial charge in [0.2, 0.25) is 5.91 Å². The molecule has 0 bridgehead atoms. The van der Waals surface area contributed by atoms with Crippen LogP contribution in [0.5, 0.6) is 0 Å². The van der Waals surface area contributed by atoms with Crippen molar-refractivity contribution in [1.82, 2.24) is 5.32 Å². The highest BCUT2D eigenvalue weighted by atomic mass is 35.5. The molecular weight excluding hydrogens is 209 g/mol. The fourth-order valence-corrected chi connectivity index (χ4v) is 1.76. The van der Waals surface area contributed by atoms with E-state index in [-0.39, 0.29) is 5.91 Å². The zero-order valence-corrected chi connectivity index (χ0v) is 9.71. The summed E-state index contributed by atoms with van der Waals surface area (Å²) in [5.41, 5.74) is -0.421. The molecule has 0 fully saturated rings. The van der Waals surface area contributed by atoms with Crippen molar-refractivity contribution in [2.75, 3.05) is 11.8 Å². The molecule has 0 aromatic heterocycles. The highest BCUT2D eigenvalue weighted by Gasteiger charge is 2.27. The Hall–Kier alpha value is 0.0500. The standard InChI is InChI=1S/C9H17Cl2NO/c1-3-5-8(13)12-9(4-2,6-10)7-11/h3-7H2,1-2H3,(H,12,13). The summed E-state index contributed by atoms with van der Waals surface area (Å²) in [6.45, 7) is 3.94. The fourth-order valence-electron chi connectivity index (χ4n) is 0.965. The maximum Gasteiger partial charge on any atom is 0.220 e. The summed E-state index contributed by atoms with van der Waals surface area (Å²) in [4.78, 5) is 11.3. The molecule has 0 aromatic carbocycles. The van der Waals surface area contributed by atoms with Crippen LogP contribution >= 0.6 is 23.2 Å². The lowest BCUT2D eigenvalue weighted by Gasteiger charge is -2.29. The first-order chi connectivity index (χ1) is 6.14. The summed E-state index contributed by atoms with van der Waals surface area (Å²) in [6, 6.07) is 0. The molecule has 13 heavy (non-hydrogen) atoms. The van der Waals surface area contributed by atoms with E-state index in [0.717, 1.165) is 12.8 Å². The van der Waals surface area contributed by atoms with Crippen LogP contribution in [0.4, 0.5) is 0 Å². The maximum atomic E-state index is 11.3. The molecule has 0 saturated carbocycles. The van der Waals surface area contributed by atoms with Crippen LogP contribution in [-0.2, 0) is 4.79 Å². The monoisotopic (exact) mass is 225 g/mol. The van der Waals surface area contributed by atoms with Crippen molar-refractivity contribution in [3.8, 4) is 0 Å². The number of carbonyl (C=O) groups excluding carboxylic acids is 1. The second-order valence-electron chi connectivity index (χ2n) is 3.20. The number of hydrogen-bond donors (Lipinski definition) is 1. The lowest BCUT2D eigenvalue weighted by atomic mass is 10.0. The normalized spacial score (nSPS) is 11.4. The van der Waals surface area contributed by atoms with Gasteiger partial charge in [-0.15, -0.1) is 23.2 Å². The maximum absolute atomic E-state index is 11.3. The number of carbonyl (C=O) groups is 1. The summed E-state index contributed by atoms with van der Waals surface area (Å²) < 4.78 is 0. The number of amides is 1. The van der Waals surface area contributed by atoms with Gasteiger partial charge in [-0.1, -0.05) is 13.8 Å². The molecule has 0 aliphatic carbocycles. The van der Waals surface area contributed by atoms with E-state index in [4.69, 9.17) is 23.2 Å². The predicted octanol–water partition coefficient (Wildman–Crippen LogP) is 2.53. The van der Waals surface area contributed by atoms with E-state index in [0.29, 0.717) is 18.2 Å². The van der Waals surface area contributed by atoms with Gasteiger partial charge in [-0.25, -0.2) is 0 Å². The van der Waals surface area contributed by atoms with Crippen molar-refractivity contribution < 1.29 is 4.79 Å². The largest absolute Gasteiger partial charge is 0.348 e. The Morgan fingerprint density at radius 2 is 1.85 bits per heavy atom. The molecule has 1 amide bonds. The molecule has 0 radical (unpaired) electrons. The molecule has 0 heterocycles. The summed E-state index contributed by atoms with van der Waals surface area (Å²) in [5.74, 6) is 0.760. The second kappa shape index (κ2) is 6.50. The predicted molar refractivity (Wildman–Crippen MR) is 57.5 cm³/mol. The molecule has 2 nitrogen and oxygen atoms in total. The number of rotatable bonds is 6. The van der Waals surface area contributed by atoms with Crippen LogP contribution in [0, 0.1) is 0 Å². The van der Waals surface area contributed by atoms with Crippen LogP contribution in [0.2, 0.25) is 0 Å². The van der Waals surface area contributed by atoms with Crippen LogP contribution in [0.1, 0.15) is 33.1 Å². The van der Waals surface area contributed by atoms with Gasteiger partial charge in [0.1, 0.15) is 0 Å². The third kappa shape index (κ3) is 4.19. The molecule has 0 unspecified atom stereocenters. The summed E-state index contributed by atoms with van der Waals surface area (Å²) in [6.07, 6.45) is 2.14. The molecule has 0 atom stereocenters. The van der Waals surface area contributed by atoms with Crippen molar-refractivity contribution in [2.24, 2.45) is 0 Å². The molecule has 0 aromatic rings. The van der Waals surface area contributed by atoms with Crippen molar-refractivity contribution in [1.29, 1.82) is 0 Å². The highest BCUT2D eigenvalue weighted by Crippen LogP contribution is 2.15. The van der Waals surface area contributed by atoms with Crippen LogP contribution in [0.15, 0.2) is 0 Å². The van der Waals surface area contributed by atoms with Gasteiger partial charge in [0, 0.05) is 18.2 Å². The zero-order chi connectivity index (χ0) is 10.3. The minimum Gasteiger partial charge on any atom is -0.348 e.